The molecule has 0 radical (unpaired) electrons. The molecule has 0 atom stereocenters. The fourth-order valence-corrected chi connectivity index (χ4v) is 2.50. The summed E-state index contributed by atoms with van der Waals surface area (Å²) in [4.78, 5) is 11.5. The second-order valence-corrected chi connectivity index (χ2v) is 4.96. The molecule has 3 heteroatoms. The van der Waals surface area contributed by atoms with Gasteiger partial charge >= 0.3 is 5.97 Å². The van der Waals surface area contributed by atoms with Gasteiger partial charge in [-0.1, -0.05) is 25.5 Å². The predicted molar refractivity (Wildman–Crippen MR) is 69.9 cm³/mol. The summed E-state index contributed by atoms with van der Waals surface area (Å²) in [7, 11) is 0. The molecule has 1 aromatic rings. The number of hydrogen-bond donors (Lipinski definition) is 1. The van der Waals surface area contributed by atoms with E-state index in [1.54, 1.807) is 0 Å². The molecule has 0 bridgehead atoms. The summed E-state index contributed by atoms with van der Waals surface area (Å²) in [6.45, 7) is 2.09. The third-order valence-corrected chi connectivity index (χ3v) is 3.70. The van der Waals surface area contributed by atoms with Crippen LogP contribution in [0.3, 0.4) is 0 Å². The maximum atomic E-state index is 11.5. The van der Waals surface area contributed by atoms with Gasteiger partial charge in [0.1, 0.15) is 5.75 Å². The molecule has 98 valence electrons. The molecule has 1 N–H and O–H groups in total. The van der Waals surface area contributed by atoms with Crippen molar-refractivity contribution in [3.8, 4) is 5.75 Å². The lowest BCUT2D eigenvalue weighted by Crippen LogP contribution is -2.46. The summed E-state index contributed by atoms with van der Waals surface area (Å²) < 4.78 is 5.80. The minimum absolute atomic E-state index is 0.609. The maximum absolute atomic E-state index is 11.5. The van der Waals surface area contributed by atoms with Crippen LogP contribution in [0.15, 0.2) is 24.3 Å². The van der Waals surface area contributed by atoms with Gasteiger partial charge in [-0.05, 0) is 49.8 Å². The average Bonchev–Trinajstić information content (AvgIpc) is 2.40. The van der Waals surface area contributed by atoms with Crippen molar-refractivity contribution in [3.05, 3.63) is 29.8 Å². The zero-order valence-corrected chi connectivity index (χ0v) is 10.8. The number of carboxylic acids is 1. The lowest BCUT2D eigenvalue weighted by atomic mass is 9.84. The Balaban J connectivity index is 2.15. The Morgan fingerprint density at radius 2 is 1.83 bits per heavy atom. The Morgan fingerprint density at radius 1 is 1.22 bits per heavy atom. The normalized spacial score (nSPS) is 18.3. The second kappa shape index (κ2) is 5.42. The molecule has 2 rings (SSSR count). The lowest BCUT2D eigenvalue weighted by Gasteiger charge is -2.33. The molecule has 0 amide bonds. The molecule has 1 aliphatic carbocycles. The SMILES string of the molecule is CCc1ccc(OC2(C(=O)O)CCCCC2)cc1. The third-order valence-electron chi connectivity index (χ3n) is 3.70. The van der Waals surface area contributed by atoms with Gasteiger partial charge < -0.3 is 9.84 Å². The van der Waals surface area contributed by atoms with Crippen LogP contribution in [-0.4, -0.2) is 16.7 Å². The van der Waals surface area contributed by atoms with Crippen LogP contribution >= 0.6 is 0 Å². The number of rotatable bonds is 4. The molecule has 1 saturated carbocycles. The standard InChI is InChI=1S/C15H20O3/c1-2-12-6-8-13(9-7-12)18-15(14(16)17)10-4-3-5-11-15/h6-9H,2-5,10-11H2,1H3,(H,16,17). The summed E-state index contributed by atoms with van der Waals surface area (Å²) in [5.74, 6) is -0.168. The molecule has 0 unspecified atom stereocenters. The second-order valence-electron chi connectivity index (χ2n) is 4.96. The lowest BCUT2D eigenvalue weighted by molar-refractivity contribution is -0.158. The highest BCUT2D eigenvalue weighted by Crippen LogP contribution is 2.33. The van der Waals surface area contributed by atoms with E-state index in [9.17, 15) is 9.90 Å². The van der Waals surface area contributed by atoms with Gasteiger partial charge in [0.2, 0.25) is 5.60 Å². The van der Waals surface area contributed by atoms with E-state index in [4.69, 9.17) is 4.74 Å². The van der Waals surface area contributed by atoms with Crippen molar-refractivity contribution < 1.29 is 14.6 Å². The van der Waals surface area contributed by atoms with Crippen molar-refractivity contribution in [1.82, 2.24) is 0 Å². The van der Waals surface area contributed by atoms with Gasteiger partial charge in [0.15, 0.2) is 0 Å². The van der Waals surface area contributed by atoms with E-state index in [0.717, 1.165) is 25.7 Å². The monoisotopic (exact) mass is 248 g/mol. The van der Waals surface area contributed by atoms with Crippen molar-refractivity contribution in [2.24, 2.45) is 0 Å². The molecule has 0 spiro atoms. The molecule has 1 aromatic carbocycles. The Morgan fingerprint density at radius 3 is 2.33 bits per heavy atom. The minimum Gasteiger partial charge on any atom is -0.478 e. The summed E-state index contributed by atoms with van der Waals surface area (Å²) in [5, 5.41) is 9.43. The summed E-state index contributed by atoms with van der Waals surface area (Å²) in [6.07, 6.45) is 5.16. The van der Waals surface area contributed by atoms with E-state index in [1.165, 1.54) is 5.56 Å². The van der Waals surface area contributed by atoms with Gasteiger partial charge in [-0.3, -0.25) is 0 Å². The van der Waals surface area contributed by atoms with E-state index in [0.29, 0.717) is 18.6 Å². The fraction of sp³-hybridized carbons (Fsp3) is 0.533. The topological polar surface area (TPSA) is 46.5 Å². The Labute approximate surface area is 108 Å². The van der Waals surface area contributed by atoms with Gasteiger partial charge in [-0.2, -0.15) is 0 Å². The molecule has 0 saturated heterocycles. The van der Waals surface area contributed by atoms with Crippen molar-refractivity contribution in [1.29, 1.82) is 0 Å². The van der Waals surface area contributed by atoms with Crippen molar-refractivity contribution in [3.63, 3.8) is 0 Å². The number of carboxylic acid groups (broad SMARTS) is 1. The molecule has 0 heterocycles. The van der Waals surface area contributed by atoms with E-state index < -0.39 is 11.6 Å². The highest BCUT2D eigenvalue weighted by atomic mass is 16.5. The number of aryl methyl sites for hydroxylation is 1. The van der Waals surface area contributed by atoms with Crippen LogP contribution < -0.4 is 4.74 Å². The molecular weight excluding hydrogens is 228 g/mol. The number of carbonyl (C=O) groups is 1. The fourth-order valence-electron chi connectivity index (χ4n) is 2.50. The van der Waals surface area contributed by atoms with Crippen LogP contribution in [0, 0.1) is 0 Å². The average molecular weight is 248 g/mol. The van der Waals surface area contributed by atoms with Crippen LogP contribution in [0.1, 0.15) is 44.6 Å². The van der Waals surface area contributed by atoms with Crippen molar-refractivity contribution >= 4 is 5.97 Å². The quantitative estimate of drug-likeness (QED) is 0.888. The molecule has 1 aliphatic rings. The van der Waals surface area contributed by atoms with Gasteiger partial charge in [-0.15, -0.1) is 0 Å². The number of hydrogen-bond acceptors (Lipinski definition) is 2. The Bertz CT molecular complexity index is 402. The van der Waals surface area contributed by atoms with Crippen molar-refractivity contribution in [2.45, 2.75) is 51.0 Å². The van der Waals surface area contributed by atoms with Crippen LogP contribution in [0.2, 0.25) is 0 Å². The molecular formula is C15H20O3. The van der Waals surface area contributed by atoms with E-state index >= 15 is 0 Å². The molecule has 0 aliphatic heterocycles. The molecule has 3 nitrogen and oxygen atoms in total. The largest absolute Gasteiger partial charge is 0.478 e. The first-order chi connectivity index (χ1) is 8.66. The maximum Gasteiger partial charge on any atom is 0.348 e. The van der Waals surface area contributed by atoms with Crippen molar-refractivity contribution in [2.75, 3.05) is 0 Å². The van der Waals surface area contributed by atoms with Gasteiger partial charge in [0, 0.05) is 0 Å². The highest BCUT2D eigenvalue weighted by molar-refractivity contribution is 5.78. The Hall–Kier alpha value is -1.51. The molecule has 1 fully saturated rings. The van der Waals surface area contributed by atoms with Crippen LogP contribution in [0.5, 0.6) is 5.75 Å². The van der Waals surface area contributed by atoms with Gasteiger partial charge in [-0.25, -0.2) is 4.79 Å². The first-order valence-electron chi connectivity index (χ1n) is 6.68. The van der Waals surface area contributed by atoms with E-state index in [1.807, 2.05) is 24.3 Å². The molecule has 0 aromatic heterocycles. The summed E-state index contributed by atoms with van der Waals surface area (Å²) in [5.41, 5.74) is 0.224. The van der Waals surface area contributed by atoms with Crippen LogP contribution in [-0.2, 0) is 11.2 Å². The van der Waals surface area contributed by atoms with Crippen LogP contribution in [0.4, 0.5) is 0 Å². The first-order valence-corrected chi connectivity index (χ1v) is 6.68. The van der Waals surface area contributed by atoms with Crippen LogP contribution in [0.25, 0.3) is 0 Å². The predicted octanol–water partition coefficient (Wildman–Crippen LogP) is 3.42. The first kappa shape index (κ1) is 12.9. The minimum atomic E-state index is -1.01. The van der Waals surface area contributed by atoms with Gasteiger partial charge in [0.05, 0.1) is 0 Å². The van der Waals surface area contributed by atoms with E-state index in [2.05, 4.69) is 6.92 Å². The summed E-state index contributed by atoms with van der Waals surface area (Å²) >= 11 is 0. The zero-order chi connectivity index (χ0) is 13.0. The third kappa shape index (κ3) is 2.66. The van der Waals surface area contributed by atoms with E-state index in [-0.39, 0.29) is 0 Å². The molecule has 18 heavy (non-hydrogen) atoms. The Kier molecular flexibility index (Phi) is 3.90. The number of ether oxygens (including phenoxy) is 1. The van der Waals surface area contributed by atoms with Gasteiger partial charge in [0.25, 0.3) is 0 Å². The zero-order valence-electron chi connectivity index (χ0n) is 10.8. The summed E-state index contributed by atoms with van der Waals surface area (Å²) in [6, 6.07) is 7.73. The smallest absolute Gasteiger partial charge is 0.348 e. The number of benzene rings is 1. The number of aliphatic carboxylic acids is 1. The highest BCUT2D eigenvalue weighted by Gasteiger charge is 2.42.